The molecule has 0 saturated carbocycles. The normalized spacial score (nSPS) is 11.6. The molecule has 0 radical (unpaired) electrons. The fraction of sp³-hybridized carbons (Fsp3) is 0.0800. The molecule has 0 spiro atoms. The Kier molecular flexibility index (Phi) is 9.51. The van der Waals surface area contributed by atoms with Crippen LogP contribution in [0.25, 0.3) is 65.3 Å². The van der Waals surface area contributed by atoms with Crippen LogP contribution in [0.5, 0.6) is 0 Å². The van der Waals surface area contributed by atoms with E-state index in [4.69, 9.17) is 0 Å². The molecule has 4 N–H and O–H groups in total. The summed E-state index contributed by atoms with van der Waals surface area (Å²) in [6.45, 7) is 2.21. The Morgan fingerprint density at radius 3 is 0.857 bits per heavy atom. The Morgan fingerprint density at radius 1 is 0.304 bits per heavy atom. The third-order valence-corrected chi connectivity index (χ3v) is 10.9. The highest BCUT2D eigenvalue weighted by Gasteiger charge is 2.19. The summed E-state index contributed by atoms with van der Waals surface area (Å²) in [5.41, 5.74) is 8.15. The lowest BCUT2D eigenvalue weighted by molar-refractivity contribution is -0.686. The van der Waals surface area contributed by atoms with Crippen LogP contribution in [-0.2, 0) is 26.2 Å². The maximum absolute atomic E-state index is 13.9. The number of fused-ring (bicyclic) bond motifs is 4. The summed E-state index contributed by atoms with van der Waals surface area (Å²) in [5.74, 6) is -2.26. The van der Waals surface area contributed by atoms with Crippen molar-refractivity contribution in [2.75, 3.05) is 0 Å². The molecule has 274 valence electrons. The second-order valence-electron chi connectivity index (χ2n) is 14.4. The minimum Gasteiger partial charge on any atom is -0.339 e. The molecular weight excluding hydrogens is 705 g/mol. The van der Waals surface area contributed by atoms with Gasteiger partial charge in [0.05, 0.1) is 0 Å². The predicted octanol–water partition coefficient (Wildman–Crippen LogP) is 10.7. The Bertz CT molecular complexity index is 2570. The first-order chi connectivity index (χ1) is 27.4. The first-order valence-electron chi connectivity index (χ1n) is 18.9. The number of halogens is 4. The molecule has 0 fully saturated rings. The largest absolute Gasteiger partial charge is 0.339 e. The van der Waals surface area contributed by atoms with E-state index in [1.54, 1.807) is 0 Å². The smallest absolute Gasteiger partial charge is 0.126 e. The minimum absolute atomic E-state index is 0.458. The monoisotopic (exact) mass is 742 g/mol. The molecule has 0 unspecified atom stereocenters. The Balaban J connectivity index is 1.09. The number of rotatable bonds is 10. The van der Waals surface area contributed by atoms with Gasteiger partial charge in [-0.1, -0.05) is 121 Å². The van der Waals surface area contributed by atoms with Crippen LogP contribution in [0.1, 0.15) is 22.3 Å². The third-order valence-electron chi connectivity index (χ3n) is 10.9. The lowest BCUT2D eigenvalue weighted by Gasteiger charge is -2.18. The molecule has 9 aromatic rings. The molecule has 0 aliphatic rings. The van der Waals surface area contributed by atoms with Crippen LogP contribution in [0.15, 0.2) is 158 Å². The van der Waals surface area contributed by atoms with Gasteiger partial charge < -0.3 is 10.6 Å². The SMILES string of the molecule is Fc1cc(F)cc(C[NH2+]Cc2c3ccccc3c(-c3ccc(-c4c5ccccc5c(C[NH2+]Cc5cc(F)cc(F)c5)c5ccccc45)cc3)c3ccccc23)c1. The highest BCUT2D eigenvalue weighted by Crippen LogP contribution is 2.42. The molecule has 0 atom stereocenters. The molecule has 9 aromatic carbocycles. The van der Waals surface area contributed by atoms with Crippen LogP contribution < -0.4 is 10.6 Å². The Labute approximate surface area is 322 Å². The van der Waals surface area contributed by atoms with Crippen LogP contribution in [0.2, 0.25) is 0 Å². The molecule has 6 heteroatoms. The second-order valence-corrected chi connectivity index (χ2v) is 14.4. The van der Waals surface area contributed by atoms with Gasteiger partial charge in [-0.15, -0.1) is 0 Å². The van der Waals surface area contributed by atoms with E-state index in [1.807, 2.05) is 0 Å². The average Bonchev–Trinajstić information content (AvgIpc) is 3.20. The van der Waals surface area contributed by atoms with Crippen molar-refractivity contribution in [3.63, 3.8) is 0 Å². The summed E-state index contributed by atoms with van der Waals surface area (Å²) in [7, 11) is 0. The topological polar surface area (TPSA) is 33.2 Å². The van der Waals surface area contributed by atoms with Gasteiger partial charge in [0.1, 0.15) is 49.4 Å². The molecule has 2 nitrogen and oxygen atoms in total. The maximum atomic E-state index is 13.9. The van der Waals surface area contributed by atoms with Gasteiger partial charge in [-0.05, 0) is 89.6 Å². The standard InChI is InChI=1S/C50H36F4N2/c51-35-21-31(22-36(52)25-35)27-55-29-47-39-9-1-5-13-43(39)49(44-14-6-2-10-40(44)47)33-17-19-34(20-18-33)50-45-15-7-3-11-41(45)48(42-12-4-8-16-46(42)50)30-56-28-32-23-37(53)26-38(54)24-32/h1-26,55-56H,27-30H2/p+2. The number of hydrogen-bond acceptors (Lipinski definition) is 0. The zero-order chi connectivity index (χ0) is 38.2. The fourth-order valence-electron chi connectivity index (χ4n) is 8.53. The minimum atomic E-state index is -0.564. The van der Waals surface area contributed by atoms with E-state index in [-0.39, 0.29) is 0 Å². The zero-order valence-electron chi connectivity index (χ0n) is 30.5. The fourth-order valence-corrected chi connectivity index (χ4v) is 8.53. The van der Waals surface area contributed by atoms with E-state index < -0.39 is 23.3 Å². The summed E-state index contributed by atoms with van der Waals surface area (Å²) in [4.78, 5) is 0. The average molecular weight is 743 g/mol. The van der Waals surface area contributed by atoms with Crippen molar-refractivity contribution >= 4 is 43.1 Å². The summed E-state index contributed by atoms with van der Waals surface area (Å²) >= 11 is 0. The van der Waals surface area contributed by atoms with Crippen molar-refractivity contribution in [2.45, 2.75) is 26.2 Å². The van der Waals surface area contributed by atoms with Gasteiger partial charge in [0.2, 0.25) is 0 Å². The van der Waals surface area contributed by atoms with Crippen LogP contribution in [0.3, 0.4) is 0 Å². The van der Waals surface area contributed by atoms with Crippen molar-refractivity contribution in [2.24, 2.45) is 0 Å². The number of hydrogen-bond donors (Lipinski definition) is 2. The molecule has 0 aliphatic carbocycles. The van der Waals surface area contributed by atoms with Gasteiger partial charge in [-0.2, -0.15) is 0 Å². The Hall–Kier alpha value is -6.34. The number of nitrogens with two attached hydrogens (primary N) is 2. The third kappa shape index (κ3) is 6.79. The second kappa shape index (κ2) is 15.1. The highest BCUT2D eigenvalue weighted by atomic mass is 19.1. The van der Waals surface area contributed by atoms with Crippen LogP contribution in [0.4, 0.5) is 17.6 Å². The molecule has 56 heavy (non-hydrogen) atoms. The van der Waals surface area contributed by atoms with Gasteiger partial charge in [0.25, 0.3) is 0 Å². The van der Waals surface area contributed by atoms with E-state index in [0.29, 0.717) is 37.3 Å². The van der Waals surface area contributed by atoms with Crippen LogP contribution in [-0.4, -0.2) is 0 Å². The lowest BCUT2D eigenvalue weighted by atomic mass is 9.86. The summed E-state index contributed by atoms with van der Waals surface area (Å²) < 4.78 is 55.6. The van der Waals surface area contributed by atoms with E-state index in [0.717, 1.165) is 77.5 Å². The quantitative estimate of drug-likeness (QED) is 0.103. The van der Waals surface area contributed by atoms with Gasteiger partial charge >= 0.3 is 0 Å². The molecule has 0 amide bonds. The molecular formula is C50H38F4N2+2. The van der Waals surface area contributed by atoms with Crippen molar-refractivity contribution < 1.29 is 28.2 Å². The van der Waals surface area contributed by atoms with Gasteiger partial charge in [-0.25, -0.2) is 17.6 Å². The van der Waals surface area contributed by atoms with E-state index in [2.05, 4.69) is 132 Å². The first kappa shape index (κ1) is 35.4. The lowest BCUT2D eigenvalue weighted by Crippen LogP contribution is -2.80. The zero-order valence-corrected chi connectivity index (χ0v) is 30.5. The van der Waals surface area contributed by atoms with E-state index in [1.165, 1.54) is 35.4 Å². The summed E-state index contributed by atoms with van der Waals surface area (Å²) in [5, 5.41) is 13.4. The van der Waals surface area contributed by atoms with Gasteiger partial charge in [0, 0.05) is 34.4 Å². The molecule has 0 aromatic heterocycles. The van der Waals surface area contributed by atoms with Crippen molar-refractivity contribution in [1.82, 2.24) is 0 Å². The first-order valence-corrected chi connectivity index (χ1v) is 18.9. The molecule has 0 heterocycles. The molecule has 0 saturated heterocycles. The predicted molar refractivity (Wildman–Crippen MR) is 219 cm³/mol. The maximum Gasteiger partial charge on any atom is 0.126 e. The Morgan fingerprint density at radius 2 is 0.571 bits per heavy atom. The van der Waals surface area contributed by atoms with E-state index >= 15 is 0 Å². The van der Waals surface area contributed by atoms with Crippen LogP contribution in [0, 0.1) is 23.3 Å². The molecule has 9 rings (SSSR count). The van der Waals surface area contributed by atoms with Crippen LogP contribution >= 0.6 is 0 Å². The molecule has 0 aliphatic heterocycles. The van der Waals surface area contributed by atoms with E-state index in [9.17, 15) is 17.6 Å². The van der Waals surface area contributed by atoms with Crippen molar-refractivity contribution in [1.29, 1.82) is 0 Å². The van der Waals surface area contributed by atoms with Gasteiger partial charge in [-0.3, -0.25) is 0 Å². The number of benzene rings is 9. The van der Waals surface area contributed by atoms with Gasteiger partial charge in [0.15, 0.2) is 0 Å². The number of quaternary nitrogens is 2. The molecule has 0 bridgehead atoms. The van der Waals surface area contributed by atoms with Crippen molar-refractivity contribution in [3.05, 3.63) is 203 Å². The van der Waals surface area contributed by atoms with Crippen molar-refractivity contribution in [3.8, 4) is 22.3 Å². The highest BCUT2D eigenvalue weighted by molar-refractivity contribution is 6.17. The summed E-state index contributed by atoms with van der Waals surface area (Å²) in [6.07, 6.45) is 0. The summed E-state index contributed by atoms with van der Waals surface area (Å²) in [6, 6.07) is 50.2.